The van der Waals surface area contributed by atoms with Crippen molar-refractivity contribution in [2.24, 2.45) is 5.92 Å². The van der Waals surface area contributed by atoms with Crippen molar-refractivity contribution in [1.82, 2.24) is 5.32 Å². The van der Waals surface area contributed by atoms with Gasteiger partial charge >= 0.3 is 0 Å². The van der Waals surface area contributed by atoms with Crippen molar-refractivity contribution < 1.29 is 9.18 Å². The smallest absolute Gasteiger partial charge is 0.251 e. The topological polar surface area (TPSA) is 29.1 Å². The van der Waals surface area contributed by atoms with Crippen molar-refractivity contribution in [3.8, 4) is 0 Å². The molecule has 5 heteroatoms. The normalized spacial score (nSPS) is 12.6. The third-order valence-corrected chi connectivity index (χ3v) is 3.46. The van der Waals surface area contributed by atoms with Crippen molar-refractivity contribution in [2.45, 2.75) is 19.9 Å². The fraction of sp³-hybridized carbons (Fsp3) is 0.417. The molecule has 0 aliphatic rings. The molecule has 0 heterocycles. The second kappa shape index (κ2) is 6.36. The van der Waals surface area contributed by atoms with E-state index in [1.54, 1.807) is 0 Å². The Labute approximate surface area is 114 Å². The van der Waals surface area contributed by atoms with Crippen LogP contribution in [0.15, 0.2) is 18.2 Å². The van der Waals surface area contributed by atoms with Crippen LogP contribution in [0.25, 0.3) is 0 Å². The molecule has 1 amide bonds. The van der Waals surface area contributed by atoms with Crippen LogP contribution in [0.4, 0.5) is 4.39 Å². The predicted molar refractivity (Wildman–Crippen MR) is 71.3 cm³/mol. The minimum atomic E-state index is -0.524. The second-order valence-electron chi connectivity index (χ2n) is 4.11. The zero-order chi connectivity index (χ0) is 13.0. The largest absolute Gasteiger partial charge is 0.348 e. The summed E-state index contributed by atoms with van der Waals surface area (Å²) in [6, 6.07) is 3.97. The van der Waals surface area contributed by atoms with Crippen molar-refractivity contribution in [1.29, 1.82) is 0 Å². The maximum absolute atomic E-state index is 12.9. The van der Waals surface area contributed by atoms with Crippen LogP contribution >= 0.6 is 27.5 Å². The third kappa shape index (κ3) is 3.96. The molecular formula is C12H14BrClFNO. The number of rotatable bonds is 4. The number of alkyl halides is 1. The van der Waals surface area contributed by atoms with Crippen molar-refractivity contribution >= 4 is 33.4 Å². The number of carbonyl (C=O) groups excluding carboxylic acids is 1. The molecule has 0 saturated heterocycles. The average Bonchev–Trinajstić information content (AvgIpc) is 2.28. The maximum atomic E-state index is 12.9. The first kappa shape index (κ1) is 14.5. The van der Waals surface area contributed by atoms with E-state index in [1.165, 1.54) is 18.2 Å². The van der Waals surface area contributed by atoms with Crippen LogP contribution in [0.3, 0.4) is 0 Å². The van der Waals surface area contributed by atoms with Gasteiger partial charge in [-0.25, -0.2) is 4.39 Å². The number of amides is 1. The predicted octanol–water partition coefficient (Wildman–Crippen LogP) is 3.63. The number of benzene rings is 1. The molecule has 1 atom stereocenters. The van der Waals surface area contributed by atoms with E-state index >= 15 is 0 Å². The molecule has 1 N–H and O–H groups in total. The van der Waals surface area contributed by atoms with Crippen molar-refractivity contribution in [3.05, 3.63) is 34.6 Å². The summed E-state index contributed by atoms with van der Waals surface area (Å²) in [6.45, 7) is 4.04. The number of hydrogen-bond acceptors (Lipinski definition) is 1. The Balaban J connectivity index is 2.79. The summed E-state index contributed by atoms with van der Waals surface area (Å²) >= 11 is 8.97. The van der Waals surface area contributed by atoms with Gasteiger partial charge in [-0.1, -0.05) is 41.4 Å². The van der Waals surface area contributed by atoms with Gasteiger partial charge in [0.25, 0.3) is 5.91 Å². The second-order valence-corrected chi connectivity index (χ2v) is 5.16. The van der Waals surface area contributed by atoms with Crippen LogP contribution in [0.2, 0.25) is 5.02 Å². The summed E-state index contributed by atoms with van der Waals surface area (Å²) in [4.78, 5) is 11.9. The van der Waals surface area contributed by atoms with E-state index in [-0.39, 0.29) is 17.0 Å². The van der Waals surface area contributed by atoms with E-state index < -0.39 is 5.82 Å². The zero-order valence-corrected chi connectivity index (χ0v) is 12.0. The molecule has 2 nitrogen and oxygen atoms in total. The Morgan fingerprint density at radius 3 is 2.65 bits per heavy atom. The van der Waals surface area contributed by atoms with Crippen molar-refractivity contribution in [3.63, 3.8) is 0 Å². The Morgan fingerprint density at radius 2 is 2.18 bits per heavy atom. The molecule has 0 fully saturated rings. The molecule has 0 bridgehead atoms. The van der Waals surface area contributed by atoms with Gasteiger partial charge in [0.2, 0.25) is 0 Å². The van der Waals surface area contributed by atoms with E-state index in [0.717, 1.165) is 0 Å². The lowest BCUT2D eigenvalue weighted by Crippen LogP contribution is -2.39. The lowest BCUT2D eigenvalue weighted by atomic mass is 10.1. The summed E-state index contributed by atoms with van der Waals surface area (Å²) in [7, 11) is 0. The van der Waals surface area contributed by atoms with Crippen LogP contribution in [0.5, 0.6) is 0 Å². The van der Waals surface area contributed by atoms with Crippen molar-refractivity contribution in [2.75, 3.05) is 5.33 Å². The highest BCUT2D eigenvalue weighted by Crippen LogP contribution is 2.16. The number of hydrogen-bond donors (Lipinski definition) is 1. The fourth-order valence-corrected chi connectivity index (χ4v) is 2.36. The van der Waals surface area contributed by atoms with Gasteiger partial charge in [-0.15, -0.1) is 0 Å². The molecule has 17 heavy (non-hydrogen) atoms. The first-order chi connectivity index (χ1) is 7.95. The van der Waals surface area contributed by atoms with Gasteiger partial charge < -0.3 is 5.32 Å². The molecule has 0 aliphatic heterocycles. The first-order valence-electron chi connectivity index (χ1n) is 5.27. The number of carbonyl (C=O) groups is 1. The van der Waals surface area contributed by atoms with E-state index in [1.807, 2.05) is 13.8 Å². The molecule has 1 rings (SSSR count). The van der Waals surface area contributed by atoms with Crippen LogP contribution in [0, 0.1) is 11.7 Å². The van der Waals surface area contributed by atoms with Crippen LogP contribution < -0.4 is 5.32 Å². The molecule has 0 radical (unpaired) electrons. The van der Waals surface area contributed by atoms with Crippen LogP contribution in [-0.4, -0.2) is 17.3 Å². The number of halogens is 3. The molecule has 0 spiro atoms. The standard InChI is InChI=1S/C12H14BrClFNO/c1-7(2)11(6-13)16-12(17)8-3-4-10(15)9(14)5-8/h3-5,7,11H,6H2,1-2H3,(H,16,17). The highest BCUT2D eigenvalue weighted by atomic mass is 79.9. The molecule has 0 aromatic heterocycles. The number of nitrogens with one attached hydrogen (secondary N) is 1. The van der Waals surface area contributed by atoms with E-state index in [9.17, 15) is 9.18 Å². The molecule has 0 aliphatic carbocycles. The summed E-state index contributed by atoms with van der Waals surface area (Å²) < 4.78 is 12.9. The first-order valence-corrected chi connectivity index (χ1v) is 6.77. The Bertz CT molecular complexity index is 411. The molecule has 1 aromatic carbocycles. The van der Waals surface area contributed by atoms with Gasteiger partial charge in [-0.05, 0) is 24.1 Å². The third-order valence-electron chi connectivity index (χ3n) is 2.47. The highest BCUT2D eigenvalue weighted by molar-refractivity contribution is 9.09. The average molecular weight is 323 g/mol. The summed E-state index contributed by atoms with van der Waals surface area (Å²) in [5.41, 5.74) is 0.364. The van der Waals surface area contributed by atoms with Gasteiger partial charge in [0.05, 0.1) is 5.02 Å². The molecule has 94 valence electrons. The highest BCUT2D eigenvalue weighted by Gasteiger charge is 2.16. The molecule has 1 aromatic rings. The summed E-state index contributed by atoms with van der Waals surface area (Å²) in [5.74, 6) is -0.455. The Morgan fingerprint density at radius 1 is 1.53 bits per heavy atom. The Kier molecular flexibility index (Phi) is 5.40. The SMILES string of the molecule is CC(C)C(CBr)NC(=O)c1ccc(F)c(Cl)c1. The minimum Gasteiger partial charge on any atom is -0.348 e. The fourth-order valence-electron chi connectivity index (χ4n) is 1.27. The van der Waals surface area contributed by atoms with E-state index in [2.05, 4.69) is 21.2 Å². The van der Waals surface area contributed by atoms with Gasteiger partial charge in [-0.2, -0.15) is 0 Å². The quantitative estimate of drug-likeness (QED) is 0.843. The van der Waals surface area contributed by atoms with Gasteiger partial charge in [0.1, 0.15) is 5.82 Å². The lowest BCUT2D eigenvalue weighted by molar-refractivity contribution is 0.0931. The van der Waals surface area contributed by atoms with Gasteiger partial charge in [0.15, 0.2) is 0 Å². The zero-order valence-electron chi connectivity index (χ0n) is 9.64. The molecule has 1 unspecified atom stereocenters. The summed E-state index contributed by atoms with van der Waals surface area (Å²) in [6.07, 6.45) is 0. The maximum Gasteiger partial charge on any atom is 0.251 e. The van der Waals surface area contributed by atoms with Crippen LogP contribution in [-0.2, 0) is 0 Å². The molecular weight excluding hydrogens is 308 g/mol. The van der Waals surface area contributed by atoms with Gasteiger partial charge in [-0.3, -0.25) is 4.79 Å². The summed E-state index contributed by atoms with van der Waals surface area (Å²) in [5, 5.41) is 3.49. The minimum absolute atomic E-state index is 0.0336. The van der Waals surface area contributed by atoms with E-state index in [4.69, 9.17) is 11.6 Å². The van der Waals surface area contributed by atoms with E-state index in [0.29, 0.717) is 16.8 Å². The Hall–Kier alpha value is -0.610. The monoisotopic (exact) mass is 321 g/mol. The molecule has 0 saturated carbocycles. The lowest BCUT2D eigenvalue weighted by Gasteiger charge is -2.19. The van der Waals surface area contributed by atoms with Crippen LogP contribution in [0.1, 0.15) is 24.2 Å². The van der Waals surface area contributed by atoms with Gasteiger partial charge in [0, 0.05) is 16.9 Å².